The predicted octanol–water partition coefficient (Wildman–Crippen LogP) is 4.05. The van der Waals surface area contributed by atoms with Gasteiger partial charge >= 0.3 is 6.61 Å². The Labute approximate surface area is 152 Å². The molecule has 2 aliphatic heterocycles. The molecule has 1 N–H and O–H groups in total. The fraction of sp³-hybridized carbons (Fsp3) is 0.474. The van der Waals surface area contributed by atoms with Crippen molar-refractivity contribution in [2.45, 2.75) is 26.0 Å². The van der Waals surface area contributed by atoms with Gasteiger partial charge in [0, 0.05) is 25.2 Å². The molecule has 2 aliphatic rings. The van der Waals surface area contributed by atoms with Gasteiger partial charge in [0.15, 0.2) is 0 Å². The summed E-state index contributed by atoms with van der Waals surface area (Å²) in [5.41, 5.74) is 1.24. The summed E-state index contributed by atoms with van der Waals surface area (Å²) in [6, 6.07) is 11.4. The maximum Gasteiger partial charge on any atom is 0.387 e. The van der Waals surface area contributed by atoms with Gasteiger partial charge in [-0.2, -0.15) is 8.78 Å². The number of hydrogen-bond acceptors (Lipinski definition) is 3. The van der Waals surface area contributed by atoms with E-state index >= 15 is 0 Å². The first-order chi connectivity index (χ1) is 11.7. The monoisotopic (exact) mass is 368 g/mol. The average molecular weight is 369 g/mol. The zero-order valence-corrected chi connectivity index (χ0v) is 14.8. The summed E-state index contributed by atoms with van der Waals surface area (Å²) >= 11 is 0. The molecule has 25 heavy (non-hydrogen) atoms. The number of alkyl halides is 2. The van der Waals surface area contributed by atoms with Crippen LogP contribution in [-0.2, 0) is 6.54 Å². The van der Waals surface area contributed by atoms with E-state index in [0.717, 1.165) is 42.5 Å². The molecule has 3 nitrogen and oxygen atoms in total. The van der Waals surface area contributed by atoms with E-state index < -0.39 is 6.61 Å². The Kier molecular flexibility index (Phi) is 5.46. The summed E-state index contributed by atoms with van der Waals surface area (Å²) in [6.07, 6.45) is 2.38. The van der Waals surface area contributed by atoms with Crippen molar-refractivity contribution in [2.75, 3.05) is 26.2 Å². The molecule has 0 amide bonds. The number of likely N-dealkylation sites (tertiary alicyclic amines) is 1. The standard InChI is InChI=1S/C19H22F2N2O.ClH/c20-18(21)24-17-6-5-14-3-1-2-4-15(14)16(17)11-23-10-8-19(13-23)7-9-22-12-19;/h1-6,18,22H,7-13H2;1H. The van der Waals surface area contributed by atoms with Crippen LogP contribution in [0.2, 0.25) is 0 Å². The minimum absolute atomic E-state index is 0. The molecule has 0 aromatic heterocycles. The molecule has 2 aromatic rings. The van der Waals surface area contributed by atoms with Crippen molar-refractivity contribution in [3.63, 3.8) is 0 Å². The summed E-state index contributed by atoms with van der Waals surface area (Å²) in [4.78, 5) is 2.38. The van der Waals surface area contributed by atoms with Crippen molar-refractivity contribution < 1.29 is 13.5 Å². The van der Waals surface area contributed by atoms with Crippen LogP contribution in [0.4, 0.5) is 8.78 Å². The molecule has 1 atom stereocenters. The zero-order chi connectivity index (χ0) is 16.6. The molecule has 136 valence electrons. The van der Waals surface area contributed by atoms with Gasteiger partial charge in [0.2, 0.25) is 0 Å². The highest BCUT2D eigenvalue weighted by molar-refractivity contribution is 5.87. The van der Waals surface area contributed by atoms with Crippen molar-refractivity contribution in [1.82, 2.24) is 10.2 Å². The van der Waals surface area contributed by atoms with Crippen LogP contribution in [0.15, 0.2) is 36.4 Å². The Hall–Kier alpha value is -1.43. The maximum absolute atomic E-state index is 12.8. The van der Waals surface area contributed by atoms with Gasteiger partial charge in [0.25, 0.3) is 0 Å². The molecule has 0 bridgehead atoms. The quantitative estimate of drug-likeness (QED) is 0.881. The minimum atomic E-state index is -2.80. The van der Waals surface area contributed by atoms with Crippen molar-refractivity contribution in [3.05, 3.63) is 42.0 Å². The van der Waals surface area contributed by atoms with Crippen LogP contribution in [-0.4, -0.2) is 37.7 Å². The van der Waals surface area contributed by atoms with E-state index in [1.165, 1.54) is 12.8 Å². The van der Waals surface area contributed by atoms with E-state index in [9.17, 15) is 8.78 Å². The SMILES string of the molecule is Cl.FC(F)Oc1ccc2ccccc2c1CN1CCC2(CCNC2)C1. The number of fused-ring (bicyclic) bond motifs is 1. The number of ether oxygens (including phenoxy) is 1. The van der Waals surface area contributed by atoms with E-state index in [4.69, 9.17) is 4.74 Å². The van der Waals surface area contributed by atoms with Gasteiger partial charge in [0.05, 0.1) is 0 Å². The third kappa shape index (κ3) is 3.73. The lowest BCUT2D eigenvalue weighted by atomic mass is 9.86. The van der Waals surface area contributed by atoms with Gasteiger partial charge in [0.1, 0.15) is 5.75 Å². The molecule has 4 rings (SSSR count). The first-order valence-electron chi connectivity index (χ1n) is 8.54. The van der Waals surface area contributed by atoms with Crippen LogP contribution in [0.1, 0.15) is 18.4 Å². The smallest absolute Gasteiger partial charge is 0.387 e. The predicted molar refractivity (Wildman–Crippen MR) is 97.6 cm³/mol. The normalized spacial score (nSPS) is 23.5. The molecule has 1 spiro atoms. The Morgan fingerprint density at radius 3 is 2.76 bits per heavy atom. The first kappa shape index (κ1) is 18.4. The maximum atomic E-state index is 12.8. The Morgan fingerprint density at radius 2 is 2.00 bits per heavy atom. The lowest BCUT2D eigenvalue weighted by Gasteiger charge is -2.24. The van der Waals surface area contributed by atoms with Crippen molar-refractivity contribution in [2.24, 2.45) is 5.41 Å². The molecule has 0 saturated carbocycles. The third-order valence-electron chi connectivity index (χ3n) is 5.44. The van der Waals surface area contributed by atoms with Gasteiger partial charge < -0.3 is 10.1 Å². The van der Waals surface area contributed by atoms with Crippen LogP contribution in [0, 0.1) is 5.41 Å². The molecule has 0 radical (unpaired) electrons. The van der Waals surface area contributed by atoms with Crippen LogP contribution in [0.3, 0.4) is 0 Å². The highest BCUT2D eigenvalue weighted by Crippen LogP contribution is 2.38. The second kappa shape index (κ2) is 7.44. The van der Waals surface area contributed by atoms with Gasteiger partial charge in [-0.15, -0.1) is 12.4 Å². The van der Waals surface area contributed by atoms with Gasteiger partial charge in [-0.25, -0.2) is 0 Å². The van der Waals surface area contributed by atoms with Crippen molar-refractivity contribution in [1.29, 1.82) is 0 Å². The molecule has 2 saturated heterocycles. The molecule has 2 heterocycles. The minimum Gasteiger partial charge on any atom is -0.434 e. The Morgan fingerprint density at radius 1 is 1.16 bits per heavy atom. The highest BCUT2D eigenvalue weighted by atomic mass is 35.5. The molecule has 6 heteroatoms. The van der Waals surface area contributed by atoms with Gasteiger partial charge in [-0.3, -0.25) is 4.90 Å². The molecule has 2 aromatic carbocycles. The highest BCUT2D eigenvalue weighted by Gasteiger charge is 2.40. The summed E-state index contributed by atoms with van der Waals surface area (Å²) in [5.74, 6) is 0.300. The average Bonchev–Trinajstić information content (AvgIpc) is 3.19. The molecular formula is C19H23ClF2N2O. The van der Waals surface area contributed by atoms with E-state index in [0.29, 0.717) is 17.7 Å². The summed E-state index contributed by atoms with van der Waals surface area (Å²) in [7, 11) is 0. The number of hydrogen-bond donors (Lipinski definition) is 1. The van der Waals surface area contributed by atoms with Gasteiger partial charge in [-0.05, 0) is 48.2 Å². The molecule has 2 fully saturated rings. The molecule has 0 aliphatic carbocycles. The second-order valence-electron chi connectivity index (χ2n) is 7.03. The van der Waals surface area contributed by atoms with Crippen LogP contribution >= 0.6 is 12.4 Å². The number of nitrogens with one attached hydrogen (secondary N) is 1. The van der Waals surface area contributed by atoms with Crippen molar-refractivity contribution in [3.8, 4) is 5.75 Å². The van der Waals surface area contributed by atoms with E-state index in [2.05, 4.69) is 10.2 Å². The first-order valence-corrected chi connectivity index (χ1v) is 8.54. The third-order valence-corrected chi connectivity index (χ3v) is 5.44. The lowest BCUT2D eigenvalue weighted by molar-refractivity contribution is -0.0506. The topological polar surface area (TPSA) is 24.5 Å². The van der Waals surface area contributed by atoms with Crippen molar-refractivity contribution >= 4 is 23.2 Å². The van der Waals surface area contributed by atoms with Gasteiger partial charge in [-0.1, -0.05) is 30.3 Å². The van der Waals surface area contributed by atoms with E-state index in [1.807, 2.05) is 30.3 Å². The second-order valence-corrected chi connectivity index (χ2v) is 7.03. The fourth-order valence-electron chi connectivity index (χ4n) is 4.22. The Balaban J connectivity index is 0.00000182. The summed E-state index contributed by atoms with van der Waals surface area (Å²) in [5, 5.41) is 5.52. The van der Waals surface area contributed by atoms with E-state index in [-0.39, 0.29) is 12.4 Å². The summed E-state index contributed by atoms with van der Waals surface area (Å²) in [6.45, 7) is 2.05. The zero-order valence-electron chi connectivity index (χ0n) is 14.0. The largest absolute Gasteiger partial charge is 0.434 e. The molecular weight excluding hydrogens is 346 g/mol. The van der Waals surface area contributed by atoms with Crippen LogP contribution in [0.25, 0.3) is 10.8 Å². The summed E-state index contributed by atoms with van der Waals surface area (Å²) < 4.78 is 30.4. The van der Waals surface area contributed by atoms with E-state index in [1.54, 1.807) is 6.07 Å². The Bertz CT molecular complexity index is 734. The van der Waals surface area contributed by atoms with Crippen LogP contribution in [0.5, 0.6) is 5.75 Å². The van der Waals surface area contributed by atoms with Crippen LogP contribution < -0.4 is 10.1 Å². The number of rotatable bonds is 4. The number of nitrogens with zero attached hydrogens (tertiary/aromatic N) is 1. The number of halogens is 3. The molecule has 1 unspecified atom stereocenters. The lowest BCUT2D eigenvalue weighted by Crippen LogP contribution is -2.29. The fourth-order valence-corrected chi connectivity index (χ4v) is 4.22. The number of benzene rings is 2.